The van der Waals surface area contributed by atoms with Crippen LogP contribution in [0.1, 0.15) is 44.2 Å². The van der Waals surface area contributed by atoms with Crippen molar-refractivity contribution in [2.75, 3.05) is 20.2 Å². The number of rotatable bonds is 9. The zero-order valence-corrected chi connectivity index (χ0v) is 14.4. The van der Waals surface area contributed by atoms with E-state index in [1.54, 1.807) is 9.58 Å². The molecule has 1 aromatic rings. The van der Waals surface area contributed by atoms with E-state index >= 15 is 0 Å². The van der Waals surface area contributed by atoms with Crippen molar-refractivity contribution >= 4 is 12.2 Å². The van der Waals surface area contributed by atoms with Crippen LogP contribution in [-0.4, -0.2) is 57.4 Å². The lowest BCUT2D eigenvalue weighted by Gasteiger charge is -2.31. The number of carbonyl (C=O) groups excluding carboxylic acids is 2. The van der Waals surface area contributed by atoms with E-state index in [0.717, 1.165) is 50.6 Å². The molecule has 0 aromatic carbocycles. The van der Waals surface area contributed by atoms with E-state index in [-0.39, 0.29) is 12.5 Å². The van der Waals surface area contributed by atoms with Crippen molar-refractivity contribution in [3.05, 3.63) is 11.9 Å². The van der Waals surface area contributed by atoms with Crippen molar-refractivity contribution in [2.45, 2.75) is 51.5 Å². The topological polar surface area (TPSA) is 88.3 Å². The van der Waals surface area contributed by atoms with Gasteiger partial charge in [0.15, 0.2) is 0 Å². The summed E-state index contributed by atoms with van der Waals surface area (Å²) in [4.78, 5) is 24.0. The van der Waals surface area contributed by atoms with Gasteiger partial charge in [0.2, 0.25) is 5.91 Å². The van der Waals surface area contributed by atoms with Gasteiger partial charge in [0.05, 0.1) is 18.8 Å². The zero-order chi connectivity index (χ0) is 17.4. The van der Waals surface area contributed by atoms with E-state index < -0.39 is 0 Å². The average Bonchev–Trinajstić information content (AvgIpc) is 3.01. The Kier molecular flexibility index (Phi) is 7.36. The molecule has 1 saturated carbocycles. The Balaban J connectivity index is 1.70. The van der Waals surface area contributed by atoms with Gasteiger partial charge in [-0.25, -0.2) is 4.68 Å². The lowest BCUT2D eigenvalue weighted by Crippen LogP contribution is -2.33. The zero-order valence-electron chi connectivity index (χ0n) is 14.4. The SMILES string of the molecule is CN(CC1CCC(Cc2cn(CCO)nn2)CC1)C(=O)CCC=O. The molecular weight excluding hydrogens is 308 g/mol. The number of amides is 1. The Hall–Kier alpha value is -1.76. The standard InChI is InChI=1S/C17H28N4O3/c1-20(17(24)3-2-9-22)12-15-6-4-14(5-7-15)11-16-13-21(8-10-23)19-18-16/h9,13-15,23H,2-8,10-12H2,1H3. The van der Waals surface area contributed by atoms with Crippen LogP contribution < -0.4 is 0 Å². The quantitative estimate of drug-likeness (QED) is 0.681. The highest BCUT2D eigenvalue weighted by Gasteiger charge is 2.24. The predicted molar refractivity (Wildman–Crippen MR) is 89.2 cm³/mol. The summed E-state index contributed by atoms with van der Waals surface area (Å²) in [5.41, 5.74) is 0.994. The molecule has 1 N–H and O–H groups in total. The Labute approximate surface area is 143 Å². The van der Waals surface area contributed by atoms with E-state index in [1.807, 2.05) is 13.2 Å². The molecule has 134 valence electrons. The molecule has 1 aromatic heterocycles. The van der Waals surface area contributed by atoms with E-state index in [1.165, 1.54) is 0 Å². The molecule has 0 aliphatic heterocycles. The Morgan fingerprint density at radius 3 is 2.75 bits per heavy atom. The van der Waals surface area contributed by atoms with E-state index in [0.29, 0.717) is 31.2 Å². The van der Waals surface area contributed by atoms with Crippen LogP contribution in [0.15, 0.2) is 6.20 Å². The molecule has 2 rings (SSSR count). The number of aldehydes is 1. The fourth-order valence-electron chi connectivity index (χ4n) is 3.42. The summed E-state index contributed by atoms with van der Waals surface area (Å²) < 4.78 is 1.68. The van der Waals surface area contributed by atoms with Gasteiger partial charge < -0.3 is 14.8 Å². The Morgan fingerprint density at radius 1 is 1.38 bits per heavy atom. The van der Waals surface area contributed by atoms with Crippen LogP contribution in [0.3, 0.4) is 0 Å². The van der Waals surface area contributed by atoms with Crippen LogP contribution in [0.2, 0.25) is 0 Å². The molecule has 7 heteroatoms. The molecule has 0 spiro atoms. The first kappa shape index (κ1) is 18.6. The number of aliphatic hydroxyl groups excluding tert-OH is 1. The van der Waals surface area contributed by atoms with E-state index in [4.69, 9.17) is 5.11 Å². The number of aromatic nitrogens is 3. The molecule has 0 unspecified atom stereocenters. The fraction of sp³-hybridized carbons (Fsp3) is 0.765. The summed E-state index contributed by atoms with van der Waals surface area (Å²) in [5.74, 6) is 1.23. The maximum atomic E-state index is 11.9. The summed E-state index contributed by atoms with van der Waals surface area (Å²) in [6.45, 7) is 1.36. The second-order valence-corrected chi connectivity index (χ2v) is 6.77. The second-order valence-electron chi connectivity index (χ2n) is 6.77. The van der Waals surface area contributed by atoms with E-state index in [9.17, 15) is 9.59 Å². The summed E-state index contributed by atoms with van der Waals surface area (Å²) >= 11 is 0. The lowest BCUT2D eigenvalue weighted by atomic mass is 9.80. The predicted octanol–water partition coefficient (Wildman–Crippen LogP) is 1.06. The van der Waals surface area contributed by atoms with Crippen LogP contribution in [0.25, 0.3) is 0 Å². The first-order valence-corrected chi connectivity index (χ1v) is 8.79. The number of carbonyl (C=O) groups is 2. The molecule has 1 heterocycles. The number of nitrogens with zero attached hydrogens (tertiary/aromatic N) is 4. The van der Waals surface area contributed by atoms with Crippen LogP contribution >= 0.6 is 0 Å². The highest BCUT2D eigenvalue weighted by molar-refractivity contribution is 5.78. The minimum absolute atomic E-state index is 0.0599. The van der Waals surface area contributed by atoms with Crippen LogP contribution in [-0.2, 0) is 22.6 Å². The third-order valence-electron chi connectivity index (χ3n) is 4.81. The Bertz CT molecular complexity index is 524. The summed E-state index contributed by atoms with van der Waals surface area (Å²) in [7, 11) is 1.83. The third-order valence-corrected chi connectivity index (χ3v) is 4.81. The molecule has 1 aliphatic rings. The summed E-state index contributed by atoms with van der Waals surface area (Å²) in [5, 5.41) is 17.1. The van der Waals surface area contributed by atoms with Crippen molar-refractivity contribution in [1.29, 1.82) is 0 Å². The highest BCUT2D eigenvalue weighted by Crippen LogP contribution is 2.31. The maximum Gasteiger partial charge on any atom is 0.222 e. The van der Waals surface area contributed by atoms with Gasteiger partial charge in [0, 0.05) is 32.6 Å². The van der Waals surface area contributed by atoms with Crippen molar-refractivity contribution in [3.8, 4) is 0 Å². The maximum absolute atomic E-state index is 11.9. The summed E-state index contributed by atoms with van der Waals surface area (Å²) in [6.07, 6.45) is 8.83. The van der Waals surface area contributed by atoms with Gasteiger partial charge in [-0.05, 0) is 43.9 Å². The van der Waals surface area contributed by atoms with Crippen LogP contribution in [0, 0.1) is 11.8 Å². The van der Waals surface area contributed by atoms with Gasteiger partial charge in [-0.1, -0.05) is 5.21 Å². The van der Waals surface area contributed by atoms with Gasteiger partial charge >= 0.3 is 0 Å². The molecule has 0 saturated heterocycles. The smallest absolute Gasteiger partial charge is 0.222 e. The van der Waals surface area contributed by atoms with Gasteiger partial charge in [-0.15, -0.1) is 5.10 Å². The molecule has 24 heavy (non-hydrogen) atoms. The van der Waals surface area contributed by atoms with Gasteiger partial charge in [-0.2, -0.15) is 0 Å². The van der Waals surface area contributed by atoms with Crippen molar-refractivity contribution in [3.63, 3.8) is 0 Å². The van der Waals surface area contributed by atoms with Crippen molar-refractivity contribution in [1.82, 2.24) is 19.9 Å². The van der Waals surface area contributed by atoms with Gasteiger partial charge in [-0.3, -0.25) is 4.79 Å². The number of hydrogen-bond acceptors (Lipinski definition) is 5. The van der Waals surface area contributed by atoms with Crippen LogP contribution in [0.4, 0.5) is 0 Å². The van der Waals surface area contributed by atoms with Gasteiger partial charge in [0.1, 0.15) is 6.29 Å². The minimum atomic E-state index is 0.0599. The van der Waals surface area contributed by atoms with Gasteiger partial charge in [0.25, 0.3) is 0 Å². The van der Waals surface area contributed by atoms with E-state index in [2.05, 4.69) is 10.3 Å². The second kappa shape index (κ2) is 9.52. The minimum Gasteiger partial charge on any atom is -0.394 e. The molecule has 0 radical (unpaired) electrons. The molecule has 7 nitrogen and oxygen atoms in total. The largest absolute Gasteiger partial charge is 0.394 e. The third kappa shape index (κ3) is 5.70. The van der Waals surface area contributed by atoms with Crippen molar-refractivity contribution < 1.29 is 14.7 Å². The highest BCUT2D eigenvalue weighted by atomic mass is 16.3. The molecule has 1 amide bonds. The fourth-order valence-corrected chi connectivity index (χ4v) is 3.42. The molecule has 1 fully saturated rings. The number of hydrogen-bond donors (Lipinski definition) is 1. The molecule has 1 aliphatic carbocycles. The first-order valence-electron chi connectivity index (χ1n) is 8.79. The molecular formula is C17H28N4O3. The number of aliphatic hydroxyl groups is 1. The first-order chi connectivity index (χ1) is 11.6. The average molecular weight is 336 g/mol. The molecule has 0 atom stereocenters. The molecule has 0 bridgehead atoms. The normalized spacial score (nSPS) is 20.8. The van der Waals surface area contributed by atoms with Crippen LogP contribution in [0.5, 0.6) is 0 Å². The Morgan fingerprint density at radius 2 is 2.08 bits per heavy atom. The van der Waals surface area contributed by atoms with Crippen molar-refractivity contribution in [2.24, 2.45) is 11.8 Å². The lowest BCUT2D eigenvalue weighted by molar-refractivity contribution is -0.131. The monoisotopic (exact) mass is 336 g/mol. The summed E-state index contributed by atoms with van der Waals surface area (Å²) in [6, 6.07) is 0.